The van der Waals surface area contributed by atoms with Gasteiger partial charge in [0.1, 0.15) is 0 Å². The molecular weight excluding hydrogens is 199 g/mol. The molecule has 1 rings (SSSR count). The van der Waals surface area contributed by atoms with Crippen LogP contribution in [0.4, 0.5) is 13.2 Å². The van der Waals surface area contributed by atoms with Crippen LogP contribution in [0.25, 0.3) is 0 Å². The third-order valence-electron chi connectivity index (χ3n) is 2.18. The molecule has 0 saturated heterocycles. The maximum Gasteiger partial charge on any atom is 0.441 e. The summed E-state index contributed by atoms with van der Waals surface area (Å²) in [6, 6.07) is 0.133. The molecule has 0 bridgehead atoms. The molecule has 0 aromatic rings. The van der Waals surface area contributed by atoms with E-state index in [0.717, 1.165) is 19.3 Å². The fourth-order valence-electron chi connectivity index (χ4n) is 1.27. The summed E-state index contributed by atoms with van der Waals surface area (Å²) in [7, 11) is 0. The normalized spacial score (nSPS) is 20.3. The maximum atomic E-state index is 11.7. The first-order valence-corrected chi connectivity index (χ1v) is 5.44. The number of alkyl halides is 3. The van der Waals surface area contributed by atoms with Crippen molar-refractivity contribution in [3.63, 3.8) is 0 Å². The molecule has 0 heterocycles. The Morgan fingerprint density at radius 2 is 2.00 bits per heavy atom. The summed E-state index contributed by atoms with van der Waals surface area (Å²) >= 11 is 0.0521. The van der Waals surface area contributed by atoms with Crippen LogP contribution in [-0.4, -0.2) is 17.3 Å². The monoisotopic (exact) mass is 213 g/mol. The van der Waals surface area contributed by atoms with Crippen molar-refractivity contribution in [1.29, 1.82) is 0 Å². The predicted octanol–water partition coefficient (Wildman–Crippen LogP) is 2.76. The van der Waals surface area contributed by atoms with Crippen LogP contribution in [-0.2, 0) is 0 Å². The summed E-state index contributed by atoms with van der Waals surface area (Å²) in [6.07, 6.45) is 3.62. The smallest absolute Gasteiger partial charge is 0.327 e. The average molecular weight is 213 g/mol. The Hall–Kier alpha value is 0.100. The number of hydrogen-bond acceptors (Lipinski definition) is 2. The fraction of sp³-hybridized carbons (Fsp3) is 1.00. The Kier molecular flexibility index (Phi) is 3.91. The molecule has 1 fully saturated rings. The zero-order valence-electron chi connectivity index (χ0n) is 7.31. The quantitative estimate of drug-likeness (QED) is 0.711. The van der Waals surface area contributed by atoms with Gasteiger partial charge in [0.05, 0.1) is 0 Å². The zero-order valence-corrected chi connectivity index (χ0v) is 8.13. The first kappa shape index (κ1) is 11.2. The number of halogens is 3. The second-order valence-corrected chi connectivity index (χ2v) is 4.60. The van der Waals surface area contributed by atoms with Crippen molar-refractivity contribution in [2.75, 3.05) is 5.75 Å². The van der Waals surface area contributed by atoms with E-state index >= 15 is 0 Å². The zero-order chi connectivity index (χ0) is 9.90. The lowest BCUT2D eigenvalue weighted by atomic mass is 10.1. The van der Waals surface area contributed by atoms with Crippen LogP contribution >= 0.6 is 11.8 Å². The van der Waals surface area contributed by atoms with E-state index in [1.54, 1.807) is 0 Å². The second-order valence-electron chi connectivity index (χ2n) is 3.44. The highest BCUT2D eigenvalue weighted by molar-refractivity contribution is 8.00. The van der Waals surface area contributed by atoms with Gasteiger partial charge in [-0.25, -0.2) is 0 Å². The SMILES string of the molecule is NC(CCCSC(F)(F)F)C1CC1. The van der Waals surface area contributed by atoms with Crippen LogP contribution in [0.5, 0.6) is 0 Å². The van der Waals surface area contributed by atoms with Gasteiger partial charge in [0.2, 0.25) is 0 Å². The highest BCUT2D eigenvalue weighted by Crippen LogP contribution is 2.34. The minimum Gasteiger partial charge on any atom is -0.327 e. The topological polar surface area (TPSA) is 26.0 Å². The van der Waals surface area contributed by atoms with Crippen LogP contribution in [0.1, 0.15) is 25.7 Å². The van der Waals surface area contributed by atoms with Crippen LogP contribution in [0.2, 0.25) is 0 Å². The Morgan fingerprint density at radius 1 is 1.38 bits per heavy atom. The van der Waals surface area contributed by atoms with Gasteiger partial charge in [0, 0.05) is 11.8 Å². The van der Waals surface area contributed by atoms with Gasteiger partial charge < -0.3 is 5.73 Å². The van der Waals surface area contributed by atoms with Crippen LogP contribution < -0.4 is 5.73 Å². The molecule has 0 aliphatic heterocycles. The van der Waals surface area contributed by atoms with E-state index in [9.17, 15) is 13.2 Å². The van der Waals surface area contributed by atoms with E-state index in [2.05, 4.69) is 0 Å². The van der Waals surface area contributed by atoms with Crippen molar-refractivity contribution < 1.29 is 13.2 Å². The molecule has 2 N–H and O–H groups in total. The van der Waals surface area contributed by atoms with Gasteiger partial charge in [0.15, 0.2) is 0 Å². The molecule has 5 heteroatoms. The van der Waals surface area contributed by atoms with Gasteiger partial charge >= 0.3 is 5.51 Å². The van der Waals surface area contributed by atoms with Crippen molar-refractivity contribution in [3.05, 3.63) is 0 Å². The highest BCUT2D eigenvalue weighted by atomic mass is 32.2. The maximum absolute atomic E-state index is 11.7. The molecule has 1 nitrogen and oxygen atoms in total. The van der Waals surface area contributed by atoms with Crippen LogP contribution in [0, 0.1) is 5.92 Å². The van der Waals surface area contributed by atoms with Gasteiger partial charge in [-0.05, 0) is 31.6 Å². The number of nitrogens with two attached hydrogens (primary N) is 1. The lowest BCUT2D eigenvalue weighted by Gasteiger charge is -2.10. The van der Waals surface area contributed by atoms with Gasteiger partial charge in [0.25, 0.3) is 0 Å². The summed E-state index contributed by atoms with van der Waals surface area (Å²) in [5, 5.41) is 0. The second kappa shape index (κ2) is 4.55. The standard InChI is InChI=1S/C8H14F3NS/c9-8(10,11)13-5-1-2-7(12)6-3-4-6/h6-7H,1-5,12H2. The van der Waals surface area contributed by atoms with Crippen molar-refractivity contribution in [2.24, 2.45) is 11.7 Å². The molecule has 1 aliphatic carbocycles. The molecule has 0 aromatic heterocycles. The van der Waals surface area contributed by atoms with E-state index in [0.29, 0.717) is 12.3 Å². The fourth-order valence-corrected chi connectivity index (χ4v) is 1.81. The van der Waals surface area contributed by atoms with Crippen molar-refractivity contribution in [2.45, 2.75) is 37.2 Å². The number of rotatable bonds is 5. The van der Waals surface area contributed by atoms with E-state index in [-0.39, 0.29) is 23.6 Å². The summed E-state index contributed by atoms with van der Waals surface area (Å²) < 4.78 is 35.0. The van der Waals surface area contributed by atoms with E-state index in [1.807, 2.05) is 0 Å². The lowest BCUT2D eigenvalue weighted by Crippen LogP contribution is -2.22. The summed E-state index contributed by atoms with van der Waals surface area (Å²) in [5.41, 5.74) is 1.66. The molecule has 1 atom stereocenters. The molecule has 1 saturated carbocycles. The summed E-state index contributed by atoms with van der Waals surface area (Å²) in [5.74, 6) is 0.736. The summed E-state index contributed by atoms with van der Waals surface area (Å²) in [6.45, 7) is 0. The minimum atomic E-state index is -4.08. The van der Waals surface area contributed by atoms with Gasteiger partial charge in [-0.15, -0.1) is 0 Å². The molecule has 0 spiro atoms. The third kappa shape index (κ3) is 5.41. The average Bonchev–Trinajstić information content (AvgIpc) is 2.77. The van der Waals surface area contributed by atoms with E-state index < -0.39 is 5.51 Å². The molecule has 1 aliphatic rings. The lowest BCUT2D eigenvalue weighted by molar-refractivity contribution is -0.0328. The molecule has 13 heavy (non-hydrogen) atoms. The minimum absolute atomic E-state index is 0.0521. The predicted molar refractivity (Wildman–Crippen MR) is 48.4 cm³/mol. The molecule has 0 aromatic carbocycles. The van der Waals surface area contributed by atoms with Crippen LogP contribution in [0.3, 0.4) is 0 Å². The third-order valence-corrected chi connectivity index (χ3v) is 3.00. The Balaban J connectivity index is 1.94. The molecular formula is C8H14F3NS. The van der Waals surface area contributed by atoms with Gasteiger partial charge in [-0.1, -0.05) is 11.8 Å². The Bertz CT molecular complexity index is 156. The molecule has 78 valence electrons. The first-order valence-electron chi connectivity index (χ1n) is 4.45. The molecule has 1 unspecified atom stereocenters. The van der Waals surface area contributed by atoms with Crippen LogP contribution in [0.15, 0.2) is 0 Å². The molecule has 0 amide bonds. The van der Waals surface area contributed by atoms with E-state index in [1.165, 1.54) is 0 Å². The van der Waals surface area contributed by atoms with Gasteiger partial charge in [-0.2, -0.15) is 13.2 Å². The number of hydrogen-bond donors (Lipinski definition) is 1. The molecule has 0 radical (unpaired) electrons. The Morgan fingerprint density at radius 3 is 2.46 bits per heavy atom. The first-order chi connectivity index (χ1) is 5.99. The number of thioether (sulfide) groups is 1. The van der Waals surface area contributed by atoms with Crippen molar-refractivity contribution >= 4 is 11.8 Å². The highest BCUT2D eigenvalue weighted by Gasteiger charge is 2.29. The van der Waals surface area contributed by atoms with Crippen molar-refractivity contribution in [3.8, 4) is 0 Å². The van der Waals surface area contributed by atoms with Gasteiger partial charge in [-0.3, -0.25) is 0 Å². The Labute approximate surface area is 80.2 Å². The van der Waals surface area contributed by atoms with E-state index in [4.69, 9.17) is 5.73 Å². The van der Waals surface area contributed by atoms with Crippen molar-refractivity contribution in [1.82, 2.24) is 0 Å². The summed E-state index contributed by atoms with van der Waals surface area (Å²) in [4.78, 5) is 0. The largest absolute Gasteiger partial charge is 0.441 e.